The number of para-hydroxylation sites is 1. The number of anilines is 2. The largest absolute Gasteiger partial charge is 0.492 e. The van der Waals surface area contributed by atoms with E-state index in [0.29, 0.717) is 35.2 Å². The molecule has 29 heavy (non-hydrogen) atoms. The lowest BCUT2D eigenvalue weighted by Gasteiger charge is -2.14. The van der Waals surface area contributed by atoms with Crippen LogP contribution in [0, 0.1) is 11.8 Å². The van der Waals surface area contributed by atoms with Gasteiger partial charge in [-0.3, -0.25) is 14.9 Å². The number of benzene rings is 2. The summed E-state index contributed by atoms with van der Waals surface area (Å²) in [6.07, 6.45) is 0. The zero-order valence-corrected chi connectivity index (χ0v) is 17.9. The molecule has 0 bridgehead atoms. The molecular formula is C22H27N3O3S. The van der Waals surface area contributed by atoms with Gasteiger partial charge in [-0.15, -0.1) is 0 Å². The highest BCUT2D eigenvalue weighted by Crippen LogP contribution is 2.19. The predicted octanol–water partition coefficient (Wildman–Crippen LogP) is 4.44. The smallest absolute Gasteiger partial charge is 0.261 e. The van der Waals surface area contributed by atoms with Crippen molar-refractivity contribution in [1.29, 1.82) is 0 Å². The van der Waals surface area contributed by atoms with Crippen LogP contribution in [0.4, 0.5) is 11.4 Å². The second kappa shape index (κ2) is 10.6. The minimum absolute atomic E-state index is 0.0492. The van der Waals surface area contributed by atoms with Crippen molar-refractivity contribution in [2.75, 3.05) is 17.2 Å². The molecule has 2 rings (SSSR count). The van der Waals surface area contributed by atoms with E-state index in [9.17, 15) is 9.59 Å². The van der Waals surface area contributed by atoms with Crippen LogP contribution in [0.5, 0.6) is 5.75 Å². The van der Waals surface area contributed by atoms with E-state index < -0.39 is 0 Å². The Morgan fingerprint density at radius 2 is 1.52 bits per heavy atom. The van der Waals surface area contributed by atoms with Crippen LogP contribution in [0.2, 0.25) is 0 Å². The summed E-state index contributed by atoms with van der Waals surface area (Å²) in [4.78, 5) is 24.3. The number of rotatable bonds is 7. The van der Waals surface area contributed by atoms with Gasteiger partial charge in [0.2, 0.25) is 5.91 Å². The summed E-state index contributed by atoms with van der Waals surface area (Å²) in [5.74, 6) is 0.381. The Labute approximate surface area is 177 Å². The number of hydrogen-bond donors (Lipinski definition) is 3. The van der Waals surface area contributed by atoms with E-state index in [4.69, 9.17) is 17.0 Å². The van der Waals surface area contributed by atoms with Gasteiger partial charge in [-0.2, -0.15) is 0 Å². The van der Waals surface area contributed by atoms with Crippen molar-refractivity contribution in [3.63, 3.8) is 0 Å². The molecule has 0 aliphatic rings. The van der Waals surface area contributed by atoms with Gasteiger partial charge < -0.3 is 15.4 Å². The average molecular weight is 414 g/mol. The van der Waals surface area contributed by atoms with Crippen LogP contribution in [0.25, 0.3) is 0 Å². The Morgan fingerprint density at radius 3 is 2.10 bits per heavy atom. The lowest BCUT2D eigenvalue weighted by molar-refractivity contribution is -0.118. The second-order valence-electron chi connectivity index (χ2n) is 7.33. The maximum Gasteiger partial charge on any atom is 0.261 e. The zero-order valence-electron chi connectivity index (χ0n) is 17.1. The van der Waals surface area contributed by atoms with Crippen LogP contribution in [0.1, 0.15) is 38.1 Å². The first-order valence-corrected chi connectivity index (χ1v) is 9.92. The van der Waals surface area contributed by atoms with Crippen molar-refractivity contribution in [3.05, 3.63) is 54.1 Å². The summed E-state index contributed by atoms with van der Waals surface area (Å²) in [5.41, 5.74) is 1.81. The maximum atomic E-state index is 12.6. The molecule has 7 heteroatoms. The Hall–Kier alpha value is -2.93. The molecule has 0 spiro atoms. The van der Waals surface area contributed by atoms with Gasteiger partial charge in [-0.1, -0.05) is 39.8 Å². The number of carbonyl (C=O) groups excluding carboxylic acids is 2. The van der Waals surface area contributed by atoms with Crippen molar-refractivity contribution in [2.24, 2.45) is 11.8 Å². The van der Waals surface area contributed by atoms with Crippen LogP contribution >= 0.6 is 12.2 Å². The number of ether oxygens (including phenoxy) is 1. The van der Waals surface area contributed by atoms with Gasteiger partial charge in [0.25, 0.3) is 5.91 Å². The highest BCUT2D eigenvalue weighted by Gasteiger charge is 2.14. The average Bonchev–Trinajstić information content (AvgIpc) is 2.67. The summed E-state index contributed by atoms with van der Waals surface area (Å²) in [5, 5.41) is 8.62. The fraction of sp³-hybridized carbons (Fsp3) is 0.318. The molecule has 0 radical (unpaired) electrons. The van der Waals surface area contributed by atoms with Crippen LogP contribution < -0.4 is 20.7 Å². The number of amides is 2. The van der Waals surface area contributed by atoms with Gasteiger partial charge >= 0.3 is 0 Å². The number of nitrogens with one attached hydrogen (secondary N) is 3. The van der Waals surface area contributed by atoms with Crippen molar-refractivity contribution >= 4 is 40.5 Å². The van der Waals surface area contributed by atoms with E-state index in [1.807, 2.05) is 33.8 Å². The van der Waals surface area contributed by atoms with Crippen LogP contribution in [0.15, 0.2) is 48.5 Å². The summed E-state index contributed by atoms with van der Waals surface area (Å²) < 4.78 is 5.72. The Kier molecular flexibility index (Phi) is 8.15. The number of thiocarbonyl (C=S) groups is 1. The highest BCUT2D eigenvalue weighted by atomic mass is 32.1. The zero-order chi connectivity index (χ0) is 21.4. The third kappa shape index (κ3) is 7.19. The van der Waals surface area contributed by atoms with Gasteiger partial charge in [0.1, 0.15) is 5.75 Å². The maximum absolute atomic E-state index is 12.6. The Morgan fingerprint density at radius 1 is 0.931 bits per heavy atom. The monoisotopic (exact) mass is 413 g/mol. The first-order chi connectivity index (χ1) is 13.8. The highest BCUT2D eigenvalue weighted by molar-refractivity contribution is 7.80. The lowest BCUT2D eigenvalue weighted by atomic mass is 10.2. The van der Waals surface area contributed by atoms with E-state index in [2.05, 4.69) is 16.0 Å². The Balaban J connectivity index is 1.95. The third-order valence-electron chi connectivity index (χ3n) is 3.87. The molecule has 0 atom stereocenters. The summed E-state index contributed by atoms with van der Waals surface area (Å²) in [6, 6.07) is 14.1. The normalized spacial score (nSPS) is 10.6. The molecule has 0 saturated carbocycles. The molecule has 0 aliphatic carbocycles. The quantitative estimate of drug-likeness (QED) is 0.585. The molecule has 0 unspecified atom stereocenters. The molecule has 2 aromatic carbocycles. The standard InChI is InChI=1S/C22H27N3O3S/c1-14(2)13-28-19-8-6-5-7-18(19)21(27)25-22(29)24-17-11-9-16(10-12-17)23-20(26)15(3)4/h5-12,14-15H,13H2,1-4H3,(H,23,26)(H2,24,25,27,29). The molecule has 3 N–H and O–H groups in total. The number of hydrogen-bond acceptors (Lipinski definition) is 4. The third-order valence-corrected chi connectivity index (χ3v) is 4.07. The lowest BCUT2D eigenvalue weighted by Crippen LogP contribution is -2.34. The predicted molar refractivity (Wildman–Crippen MR) is 120 cm³/mol. The van der Waals surface area contributed by atoms with Crippen LogP contribution in [-0.2, 0) is 4.79 Å². The minimum Gasteiger partial charge on any atom is -0.492 e. The Bertz CT molecular complexity index is 864. The van der Waals surface area contributed by atoms with E-state index in [0.717, 1.165) is 0 Å². The molecule has 154 valence electrons. The van der Waals surface area contributed by atoms with Crippen molar-refractivity contribution < 1.29 is 14.3 Å². The molecular weight excluding hydrogens is 386 g/mol. The van der Waals surface area contributed by atoms with Gasteiger partial charge in [0.15, 0.2) is 5.11 Å². The summed E-state index contributed by atoms with van der Waals surface area (Å²) in [7, 11) is 0. The molecule has 2 amide bonds. The number of carbonyl (C=O) groups is 2. The topological polar surface area (TPSA) is 79.5 Å². The molecule has 0 saturated heterocycles. The molecule has 6 nitrogen and oxygen atoms in total. The van der Waals surface area contributed by atoms with Crippen molar-refractivity contribution in [3.8, 4) is 5.75 Å². The summed E-state index contributed by atoms with van der Waals surface area (Å²) in [6.45, 7) is 8.27. The minimum atomic E-state index is -0.345. The van der Waals surface area contributed by atoms with Crippen LogP contribution in [-0.4, -0.2) is 23.5 Å². The van der Waals surface area contributed by atoms with Gasteiger partial charge in [-0.25, -0.2) is 0 Å². The summed E-state index contributed by atoms with van der Waals surface area (Å²) >= 11 is 5.25. The SMILES string of the molecule is CC(C)COc1ccccc1C(=O)NC(=S)Nc1ccc(NC(=O)C(C)C)cc1. The van der Waals surface area contributed by atoms with Gasteiger partial charge in [-0.05, 0) is 54.5 Å². The fourth-order valence-electron chi connectivity index (χ4n) is 2.29. The van der Waals surface area contributed by atoms with Gasteiger partial charge in [0.05, 0.1) is 12.2 Å². The van der Waals surface area contributed by atoms with E-state index in [-0.39, 0.29) is 22.8 Å². The second-order valence-corrected chi connectivity index (χ2v) is 7.74. The van der Waals surface area contributed by atoms with Gasteiger partial charge in [0, 0.05) is 17.3 Å². The molecule has 0 aliphatic heterocycles. The molecule has 2 aromatic rings. The first kappa shape index (κ1) is 22.4. The fourth-order valence-corrected chi connectivity index (χ4v) is 2.50. The van der Waals surface area contributed by atoms with Crippen molar-refractivity contribution in [2.45, 2.75) is 27.7 Å². The van der Waals surface area contributed by atoms with Crippen molar-refractivity contribution in [1.82, 2.24) is 5.32 Å². The van der Waals surface area contributed by atoms with Crippen LogP contribution in [0.3, 0.4) is 0 Å². The molecule has 0 aromatic heterocycles. The van der Waals surface area contributed by atoms with E-state index >= 15 is 0 Å². The van der Waals surface area contributed by atoms with E-state index in [1.54, 1.807) is 42.5 Å². The first-order valence-electron chi connectivity index (χ1n) is 9.51. The molecule has 0 fully saturated rings. The molecule has 0 heterocycles. The van der Waals surface area contributed by atoms with E-state index in [1.165, 1.54) is 0 Å².